The molecule has 48 heavy (non-hydrogen) atoms. The molecule has 4 fully saturated rings. The predicted molar refractivity (Wildman–Crippen MR) is 181 cm³/mol. The summed E-state index contributed by atoms with van der Waals surface area (Å²) in [4.78, 5) is 15.6. The van der Waals surface area contributed by atoms with Crippen molar-refractivity contribution in [3.05, 3.63) is 34.4 Å². The maximum absolute atomic E-state index is 14.8. The molecule has 1 aliphatic heterocycles. The summed E-state index contributed by atoms with van der Waals surface area (Å²) in [6.45, 7) is 12.7. The molecule has 0 aromatic carbocycles. The van der Waals surface area contributed by atoms with E-state index in [4.69, 9.17) is 19.9 Å². The lowest BCUT2D eigenvalue weighted by molar-refractivity contribution is -0.141. The van der Waals surface area contributed by atoms with Crippen molar-refractivity contribution in [3.8, 4) is 0 Å². The lowest BCUT2D eigenvalue weighted by atomic mass is 9.47. The molecule has 0 amide bonds. The number of allylic oxidation sites excluding steroid dienone is 1. The van der Waals surface area contributed by atoms with E-state index < -0.39 is 30.0 Å². The molecule has 1 aromatic rings. The molecular weight excluding hydrogens is 616 g/mol. The van der Waals surface area contributed by atoms with Crippen molar-refractivity contribution in [2.24, 2.45) is 46.3 Å². The average molecular weight is 676 g/mol. The van der Waals surface area contributed by atoms with Gasteiger partial charge in [0, 0.05) is 6.20 Å². The maximum atomic E-state index is 14.8. The molecule has 0 radical (unpaired) electrons. The summed E-state index contributed by atoms with van der Waals surface area (Å²) < 4.78 is 47.6. The van der Waals surface area contributed by atoms with Crippen molar-refractivity contribution < 1.29 is 28.1 Å². The number of alkyl halides is 2. The number of ether oxygens (including phenoxy) is 3. The Bertz CT molecular complexity index is 1370. The molecule has 5 aliphatic rings. The van der Waals surface area contributed by atoms with Crippen LogP contribution in [-0.2, 0) is 14.2 Å². The van der Waals surface area contributed by atoms with E-state index in [-0.39, 0.29) is 30.6 Å². The Morgan fingerprint density at radius 3 is 2.65 bits per heavy atom. The molecule has 3 N–H and O–H groups in total. The summed E-state index contributed by atoms with van der Waals surface area (Å²) in [7, 11) is 0. The second kappa shape index (κ2) is 14.0. The van der Waals surface area contributed by atoms with Gasteiger partial charge < -0.3 is 25.1 Å². The number of nitrogens with zero attached hydrogens (tertiary/aromatic N) is 2. The highest BCUT2D eigenvalue weighted by molar-refractivity contribution is 5.26. The minimum Gasteiger partial charge on any atom is -0.384 e. The van der Waals surface area contributed by atoms with Crippen LogP contribution in [-0.4, -0.2) is 58.7 Å². The molecule has 6 rings (SSSR count). The second-order valence-corrected chi connectivity index (χ2v) is 16.8. The first-order valence-corrected chi connectivity index (χ1v) is 18.7. The summed E-state index contributed by atoms with van der Waals surface area (Å²) in [5.41, 5.74) is 6.82. The van der Waals surface area contributed by atoms with Gasteiger partial charge in [-0.15, -0.1) is 0 Å². The highest BCUT2D eigenvalue weighted by atomic mass is 19.3. The topological polar surface area (TPSA) is 109 Å². The van der Waals surface area contributed by atoms with Crippen LogP contribution in [0, 0.1) is 46.3 Å². The average Bonchev–Trinajstić information content (AvgIpc) is 3.49. The van der Waals surface area contributed by atoms with Crippen molar-refractivity contribution in [2.75, 3.05) is 25.6 Å². The maximum Gasteiger partial charge on any atom is 0.351 e. The second-order valence-electron chi connectivity index (χ2n) is 16.8. The standard InChI is InChI=1S/C38H59F2N3O5/c1-23(2)7-6-8-24(3)28-11-12-29-27-10-9-25-21-26(13-16-36(25,4)30(27)14-17-37(28,29)5)47-20-19-46-22-31-33(44)38(39,40)34(48-31)43-18-15-32(41)42-35(43)45/h9,15,18,23-24,26-31,33-34,44H,6-8,10-14,16-17,19-22H2,1-5H3,(H2,41,42,45)/t24-,26+,27?,28-,29?,30?,31?,33?,34?,36+,37-/m0/s1. The van der Waals surface area contributed by atoms with E-state index in [2.05, 4.69) is 45.7 Å². The van der Waals surface area contributed by atoms with Crippen LogP contribution in [0.25, 0.3) is 0 Å². The number of fused-ring (bicyclic) bond motifs is 5. The lowest BCUT2D eigenvalue weighted by Gasteiger charge is -2.58. The zero-order chi connectivity index (χ0) is 34.4. The summed E-state index contributed by atoms with van der Waals surface area (Å²) in [6.07, 6.45) is 12.3. The van der Waals surface area contributed by atoms with E-state index in [9.17, 15) is 18.7 Å². The van der Waals surface area contributed by atoms with Crippen LogP contribution in [0.5, 0.6) is 0 Å². The SMILES string of the molecule is CC(C)CCC[C@H](C)[C@@H]1CCC2C3CC=C4C[C@H](OCCOCC5OC(n6ccc(N)nc6=O)C(F)(F)C5O)CC[C@@]4(C)C3CC[C@]21C. The van der Waals surface area contributed by atoms with Crippen LogP contribution in [0.3, 0.4) is 0 Å². The van der Waals surface area contributed by atoms with Gasteiger partial charge in [-0.25, -0.2) is 4.79 Å². The van der Waals surface area contributed by atoms with E-state index in [1.54, 1.807) is 5.57 Å². The summed E-state index contributed by atoms with van der Waals surface area (Å²) in [5.74, 6) is 1.11. The molecule has 3 saturated carbocycles. The van der Waals surface area contributed by atoms with E-state index in [1.165, 1.54) is 57.4 Å². The Balaban J connectivity index is 0.978. The molecule has 2 heterocycles. The van der Waals surface area contributed by atoms with Gasteiger partial charge in [-0.3, -0.25) is 4.57 Å². The number of halogens is 2. The van der Waals surface area contributed by atoms with Crippen LogP contribution >= 0.6 is 0 Å². The number of aliphatic hydroxyl groups excluding tert-OH is 1. The highest BCUT2D eigenvalue weighted by Gasteiger charge is 2.60. The smallest absolute Gasteiger partial charge is 0.351 e. The van der Waals surface area contributed by atoms with E-state index in [0.29, 0.717) is 16.6 Å². The van der Waals surface area contributed by atoms with Crippen LogP contribution in [0.2, 0.25) is 0 Å². The summed E-state index contributed by atoms with van der Waals surface area (Å²) >= 11 is 0. The van der Waals surface area contributed by atoms with Gasteiger partial charge in [0.15, 0.2) is 6.10 Å². The largest absolute Gasteiger partial charge is 0.384 e. The molecule has 0 spiro atoms. The Morgan fingerprint density at radius 2 is 1.90 bits per heavy atom. The molecule has 1 aromatic heterocycles. The Labute approximate surface area is 285 Å². The minimum atomic E-state index is -3.70. The Kier molecular flexibility index (Phi) is 10.5. The minimum absolute atomic E-state index is 0.0823. The number of hydrogen-bond donors (Lipinski definition) is 2. The van der Waals surface area contributed by atoms with Crippen LogP contribution in [0.15, 0.2) is 28.7 Å². The van der Waals surface area contributed by atoms with Gasteiger partial charge in [0.05, 0.1) is 25.9 Å². The first-order valence-electron chi connectivity index (χ1n) is 18.7. The molecule has 11 atom stereocenters. The normalized spacial score (nSPS) is 39.5. The van der Waals surface area contributed by atoms with Crippen molar-refractivity contribution in [1.29, 1.82) is 0 Å². The molecule has 0 bridgehead atoms. The van der Waals surface area contributed by atoms with Gasteiger partial charge in [0.25, 0.3) is 0 Å². The summed E-state index contributed by atoms with van der Waals surface area (Å²) in [6, 6.07) is 1.23. The van der Waals surface area contributed by atoms with Crippen LogP contribution < -0.4 is 11.4 Å². The van der Waals surface area contributed by atoms with Gasteiger partial charge >= 0.3 is 11.6 Å². The number of nitrogens with two attached hydrogens (primary N) is 1. The van der Waals surface area contributed by atoms with Crippen molar-refractivity contribution >= 4 is 5.82 Å². The summed E-state index contributed by atoms with van der Waals surface area (Å²) in [5, 5.41) is 10.3. The number of rotatable bonds is 12. The molecule has 270 valence electrons. The molecule has 6 unspecified atom stereocenters. The zero-order valence-corrected chi connectivity index (χ0v) is 29.7. The van der Waals surface area contributed by atoms with Crippen molar-refractivity contribution in [3.63, 3.8) is 0 Å². The van der Waals surface area contributed by atoms with Crippen LogP contribution in [0.4, 0.5) is 14.6 Å². The monoisotopic (exact) mass is 675 g/mol. The third-order valence-corrected chi connectivity index (χ3v) is 13.6. The number of aromatic nitrogens is 2. The fourth-order valence-electron chi connectivity index (χ4n) is 11.0. The third kappa shape index (κ3) is 6.64. The molecular formula is C38H59F2N3O5. The Hall–Kier alpha value is -1.88. The molecule has 4 aliphatic carbocycles. The Morgan fingerprint density at radius 1 is 1.10 bits per heavy atom. The zero-order valence-electron chi connectivity index (χ0n) is 29.7. The van der Waals surface area contributed by atoms with Gasteiger partial charge in [-0.05, 0) is 104 Å². The third-order valence-electron chi connectivity index (χ3n) is 13.6. The van der Waals surface area contributed by atoms with Gasteiger partial charge in [0.2, 0.25) is 6.23 Å². The predicted octanol–water partition coefficient (Wildman–Crippen LogP) is 7.16. The van der Waals surface area contributed by atoms with Crippen LogP contribution in [0.1, 0.15) is 111 Å². The first-order chi connectivity index (χ1) is 22.8. The van der Waals surface area contributed by atoms with Gasteiger partial charge in [-0.2, -0.15) is 13.8 Å². The lowest BCUT2D eigenvalue weighted by Crippen LogP contribution is -2.51. The number of hydrogen-bond acceptors (Lipinski definition) is 7. The number of aliphatic hydroxyl groups is 1. The van der Waals surface area contributed by atoms with Gasteiger partial charge in [-0.1, -0.05) is 65.5 Å². The molecule has 10 heteroatoms. The fourth-order valence-corrected chi connectivity index (χ4v) is 11.0. The van der Waals surface area contributed by atoms with Crippen molar-refractivity contribution in [2.45, 2.75) is 136 Å². The highest BCUT2D eigenvalue weighted by Crippen LogP contribution is 2.67. The first kappa shape index (κ1) is 35.9. The van der Waals surface area contributed by atoms with Gasteiger partial charge in [0.1, 0.15) is 11.9 Å². The molecule has 8 nitrogen and oxygen atoms in total. The fraction of sp³-hybridized carbons (Fsp3) is 0.842. The molecule has 1 saturated heterocycles. The van der Waals surface area contributed by atoms with Crippen molar-refractivity contribution in [1.82, 2.24) is 9.55 Å². The van der Waals surface area contributed by atoms with E-state index >= 15 is 0 Å². The number of nitrogen functional groups attached to an aromatic ring is 1. The quantitative estimate of drug-likeness (QED) is 0.179. The number of anilines is 1. The van der Waals surface area contributed by atoms with E-state index in [0.717, 1.165) is 61.0 Å². The van der Waals surface area contributed by atoms with E-state index in [1.807, 2.05) is 0 Å².